The van der Waals surface area contributed by atoms with Crippen molar-refractivity contribution in [2.24, 2.45) is 5.14 Å². The van der Waals surface area contributed by atoms with Gasteiger partial charge in [0.05, 0.1) is 6.20 Å². The molecule has 1 aromatic heterocycles. The van der Waals surface area contributed by atoms with Gasteiger partial charge in [-0.2, -0.15) is 0 Å². The predicted molar refractivity (Wildman–Crippen MR) is 81.5 cm³/mol. The van der Waals surface area contributed by atoms with Gasteiger partial charge in [-0.25, -0.2) is 18.5 Å². The summed E-state index contributed by atoms with van der Waals surface area (Å²) in [6.07, 6.45) is 1.27. The minimum atomic E-state index is -3.67. The molecule has 7 heteroatoms. The van der Waals surface area contributed by atoms with Gasteiger partial charge in [0, 0.05) is 6.54 Å². The maximum absolute atomic E-state index is 11.2. The van der Waals surface area contributed by atoms with Crippen molar-refractivity contribution in [2.45, 2.75) is 31.5 Å². The summed E-state index contributed by atoms with van der Waals surface area (Å²) in [7, 11) is -3.67. The number of thiazole rings is 1. The molecule has 0 amide bonds. The highest BCUT2D eigenvalue weighted by Crippen LogP contribution is 2.23. The van der Waals surface area contributed by atoms with Gasteiger partial charge in [0.25, 0.3) is 0 Å². The number of benzene rings is 1. The molecule has 0 spiro atoms. The summed E-state index contributed by atoms with van der Waals surface area (Å²) in [6.45, 7) is 6.80. The largest absolute Gasteiger partial charge is 0.357 e. The van der Waals surface area contributed by atoms with Crippen LogP contribution in [0.4, 0.5) is 5.13 Å². The third-order valence-electron chi connectivity index (χ3n) is 3.02. The van der Waals surface area contributed by atoms with Gasteiger partial charge >= 0.3 is 0 Å². The molecule has 1 heterocycles. The van der Waals surface area contributed by atoms with Gasteiger partial charge in [-0.05, 0) is 37.5 Å². The zero-order valence-corrected chi connectivity index (χ0v) is 13.2. The second kappa shape index (κ2) is 5.51. The number of aryl methyl sites for hydroxylation is 3. The third-order valence-corrected chi connectivity index (χ3v) is 5.38. The van der Waals surface area contributed by atoms with E-state index in [2.05, 4.69) is 43.2 Å². The fourth-order valence-electron chi connectivity index (χ4n) is 2.13. The van der Waals surface area contributed by atoms with Crippen molar-refractivity contribution >= 4 is 26.5 Å². The molecule has 0 bridgehead atoms. The van der Waals surface area contributed by atoms with Gasteiger partial charge in [0.2, 0.25) is 10.0 Å². The van der Waals surface area contributed by atoms with Crippen LogP contribution in [-0.4, -0.2) is 13.4 Å². The van der Waals surface area contributed by atoms with Crippen LogP contribution in [0.3, 0.4) is 0 Å². The molecule has 20 heavy (non-hydrogen) atoms. The van der Waals surface area contributed by atoms with Crippen molar-refractivity contribution < 1.29 is 8.42 Å². The predicted octanol–water partition coefficient (Wildman–Crippen LogP) is 2.33. The second-order valence-electron chi connectivity index (χ2n) is 4.76. The van der Waals surface area contributed by atoms with E-state index >= 15 is 0 Å². The first kappa shape index (κ1) is 15.0. The number of nitrogens with two attached hydrogens (primary N) is 1. The average Bonchev–Trinajstić information content (AvgIpc) is 2.75. The highest BCUT2D eigenvalue weighted by atomic mass is 32.2. The van der Waals surface area contributed by atoms with Crippen LogP contribution in [-0.2, 0) is 16.6 Å². The van der Waals surface area contributed by atoms with Gasteiger partial charge in [-0.15, -0.1) is 0 Å². The van der Waals surface area contributed by atoms with E-state index in [0.717, 1.165) is 11.3 Å². The molecular weight excluding hydrogens is 294 g/mol. The molecular formula is C13H17N3O2S2. The minimum Gasteiger partial charge on any atom is -0.357 e. The third kappa shape index (κ3) is 3.36. The monoisotopic (exact) mass is 311 g/mol. The van der Waals surface area contributed by atoms with Gasteiger partial charge in [-0.3, -0.25) is 0 Å². The molecule has 2 rings (SSSR count). The molecule has 0 aliphatic carbocycles. The van der Waals surface area contributed by atoms with Crippen molar-refractivity contribution in [1.82, 2.24) is 4.98 Å². The van der Waals surface area contributed by atoms with Gasteiger partial charge in [0.1, 0.15) is 0 Å². The van der Waals surface area contributed by atoms with Crippen molar-refractivity contribution in [1.29, 1.82) is 0 Å². The number of sulfonamides is 1. The highest BCUT2D eigenvalue weighted by Gasteiger charge is 2.13. The highest BCUT2D eigenvalue weighted by molar-refractivity contribution is 7.91. The molecule has 0 unspecified atom stereocenters. The topological polar surface area (TPSA) is 85.1 Å². The summed E-state index contributed by atoms with van der Waals surface area (Å²) in [5, 5.41) is 8.75. The fourth-order valence-corrected chi connectivity index (χ4v) is 3.57. The van der Waals surface area contributed by atoms with Crippen LogP contribution in [0.5, 0.6) is 0 Å². The van der Waals surface area contributed by atoms with Crippen LogP contribution in [0.25, 0.3) is 0 Å². The molecule has 1 aromatic carbocycles. The maximum Gasteiger partial charge on any atom is 0.249 e. The molecule has 3 N–H and O–H groups in total. The molecule has 5 nitrogen and oxygen atoms in total. The Kier molecular flexibility index (Phi) is 4.12. The van der Waals surface area contributed by atoms with E-state index in [4.69, 9.17) is 5.14 Å². The van der Waals surface area contributed by atoms with Crippen LogP contribution >= 0.6 is 11.3 Å². The number of hydrogen-bond donors (Lipinski definition) is 2. The SMILES string of the molecule is Cc1cc(C)c(CNc2ncc(S(N)(=O)=O)s2)c(C)c1. The van der Waals surface area contributed by atoms with E-state index in [0.29, 0.717) is 11.7 Å². The normalized spacial score (nSPS) is 11.6. The van der Waals surface area contributed by atoms with Crippen molar-refractivity contribution in [3.05, 3.63) is 40.6 Å². The molecule has 0 radical (unpaired) electrons. The van der Waals surface area contributed by atoms with Crippen LogP contribution < -0.4 is 10.5 Å². The van der Waals surface area contributed by atoms with Crippen molar-refractivity contribution in [2.75, 3.05) is 5.32 Å². The lowest BCUT2D eigenvalue weighted by molar-refractivity contribution is 0.599. The van der Waals surface area contributed by atoms with Crippen molar-refractivity contribution in [3.8, 4) is 0 Å². The number of anilines is 1. The molecule has 0 aliphatic rings. The quantitative estimate of drug-likeness (QED) is 0.907. The number of rotatable bonds is 4. The summed E-state index contributed by atoms with van der Waals surface area (Å²) in [5.74, 6) is 0. The molecule has 0 saturated heterocycles. The first-order valence-corrected chi connectivity index (χ1v) is 8.43. The first-order valence-electron chi connectivity index (χ1n) is 6.06. The summed E-state index contributed by atoms with van der Waals surface area (Å²) < 4.78 is 22.4. The smallest absolute Gasteiger partial charge is 0.249 e. The summed E-state index contributed by atoms with van der Waals surface area (Å²) in [6, 6.07) is 4.25. The van der Waals surface area contributed by atoms with E-state index < -0.39 is 10.0 Å². The Balaban J connectivity index is 2.16. The molecule has 0 fully saturated rings. The Labute approximate surface area is 122 Å². The van der Waals surface area contributed by atoms with Crippen LogP contribution in [0, 0.1) is 20.8 Å². The molecule has 2 aromatic rings. The molecule has 108 valence electrons. The van der Waals surface area contributed by atoms with Gasteiger partial charge in [0.15, 0.2) is 9.34 Å². The number of nitrogens with one attached hydrogen (secondary N) is 1. The number of primary sulfonamides is 1. The van der Waals surface area contributed by atoms with Crippen molar-refractivity contribution in [3.63, 3.8) is 0 Å². The zero-order chi connectivity index (χ0) is 14.9. The van der Waals surface area contributed by atoms with E-state index in [1.165, 1.54) is 28.5 Å². The Bertz CT molecular complexity index is 713. The Morgan fingerprint density at radius 1 is 1.25 bits per heavy atom. The lowest BCUT2D eigenvalue weighted by Gasteiger charge is -2.11. The molecule has 0 atom stereocenters. The Morgan fingerprint density at radius 2 is 1.85 bits per heavy atom. The van der Waals surface area contributed by atoms with E-state index in [9.17, 15) is 8.42 Å². The Hall–Kier alpha value is -1.44. The minimum absolute atomic E-state index is 0.0670. The maximum atomic E-state index is 11.2. The van der Waals surface area contributed by atoms with E-state index in [-0.39, 0.29) is 4.21 Å². The fraction of sp³-hybridized carbons (Fsp3) is 0.308. The second-order valence-corrected chi connectivity index (χ2v) is 7.58. The van der Waals surface area contributed by atoms with E-state index in [1.807, 2.05) is 0 Å². The summed E-state index contributed by atoms with van der Waals surface area (Å²) in [4.78, 5) is 4.02. The van der Waals surface area contributed by atoms with Crippen LogP contribution in [0.1, 0.15) is 22.3 Å². The average molecular weight is 311 g/mol. The standard InChI is InChI=1S/C13H17N3O2S2/c1-8-4-9(2)11(10(3)5-8)6-15-13-16-7-12(19-13)20(14,17)18/h4-5,7H,6H2,1-3H3,(H,15,16)(H2,14,17,18). The van der Waals surface area contributed by atoms with Crippen LogP contribution in [0.2, 0.25) is 0 Å². The van der Waals surface area contributed by atoms with Crippen LogP contribution in [0.15, 0.2) is 22.5 Å². The molecule has 0 aliphatic heterocycles. The van der Waals surface area contributed by atoms with Gasteiger partial charge < -0.3 is 5.32 Å². The zero-order valence-electron chi connectivity index (χ0n) is 11.6. The first-order chi connectivity index (χ1) is 9.27. The summed E-state index contributed by atoms with van der Waals surface area (Å²) >= 11 is 1.04. The summed E-state index contributed by atoms with van der Waals surface area (Å²) in [5.41, 5.74) is 4.84. The number of aromatic nitrogens is 1. The Morgan fingerprint density at radius 3 is 2.35 bits per heavy atom. The van der Waals surface area contributed by atoms with Gasteiger partial charge in [-0.1, -0.05) is 29.0 Å². The number of nitrogens with zero attached hydrogens (tertiary/aromatic N) is 1. The van der Waals surface area contributed by atoms with E-state index in [1.54, 1.807) is 0 Å². The molecule has 0 saturated carbocycles. The lowest BCUT2D eigenvalue weighted by atomic mass is 10.00. The number of hydrogen-bond acceptors (Lipinski definition) is 5. The lowest BCUT2D eigenvalue weighted by Crippen LogP contribution is -2.09.